The zero-order valence-corrected chi connectivity index (χ0v) is 11.3. The third-order valence-electron chi connectivity index (χ3n) is 4.64. The van der Waals surface area contributed by atoms with Crippen molar-refractivity contribution in [3.05, 3.63) is 24.3 Å². The van der Waals surface area contributed by atoms with E-state index in [-0.39, 0.29) is 11.9 Å². The first kappa shape index (κ1) is 11.8. The maximum Gasteiger partial charge on any atom is 0.332 e. The Morgan fingerprint density at radius 1 is 1.25 bits per heavy atom. The van der Waals surface area contributed by atoms with Gasteiger partial charge in [0.15, 0.2) is 0 Å². The Kier molecular flexibility index (Phi) is 2.20. The molecule has 0 N–H and O–H groups in total. The monoisotopic (exact) mass is 272 g/mol. The van der Waals surface area contributed by atoms with Gasteiger partial charge < -0.3 is 9.64 Å². The Hall–Kier alpha value is -2.04. The van der Waals surface area contributed by atoms with E-state index >= 15 is 0 Å². The number of amides is 3. The molecule has 4 fully saturated rings. The number of carbonyl (C=O) groups excluding carboxylic acids is 2. The number of ether oxygens (including phenoxy) is 1. The second-order valence-electron chi connectivity index (χ2n) is 5.77. The summed E-state index contributed by atoms with van der Waals surface area (Å²) in [6, 6.07) is 6.97. The van der Waals surface area contributed by atoms with E-state index in [1.165, 1.54) is 4.90 Å². The van der Waals surface area contributed by atoms with Crippen LogP contribution in [0.4, 0.5) is 10.5 Å². The summed E-state index contributed by atoms with van der Waals surface area (Å²) in [6.07, 6.45) is 1.68. The van der Waals surface area contributed by atoms with Crippen LogP contribution < -0.4 is 9.64 Å². The van der Waals surface area contributed by atoms with Crippen molar-refractivity contribution in [2.45, 2.75) is 25.3 Å². The highest BCUT2D eigenvalue weighted by Gasteiger charge is 2.69. The first-order chi connectivity index (χ1) is 9.65. The molecule has 3 heterocycles. The molecular formula is C15H16N2O3. The van der Waals surface area contributed by atoms with Crippen LogP contribution in [0.2, 0.25) is 0 Å². The van der Waals surface area contributed by atoms with E-state index in [2.05, 4.69) is 0 Å². The van der Waals surface area contributed by atoms with Gasteiger partial charge in [-0.25, -0.2) is 9.69 Å². The molecule has 5 heteroatoms. The van der Waals surface area contributed by atoms with E-state index in [1.807, 2.05) is 6.92 Å². The zero-order valence-electron chi connectivity index (χ0n) is 11.3. The first-order valence-corrected chi connectivity index (χ1v) is 7.05. The molecule has 1 aromatic rings. The Bertz CT molecular complexity index is 587. The minimum atomic E-state index is -0.514. The standard InChI is InChI=1S/C15H16N2O3/c1-2-20-12-5-3-11(4-6-12)17-13(18)15-7-10(8-15)9-16(15)14(17)19/h3-6,10H,2,7-9H2,1H3. The minimum absolute atomic E-state index is 0.0552. The number of hydrogen-bond acceptors (Lipinski definition) is 3. The van der Waals surface area contributed by atoms with Crippen LogP contribution >= 0.6 is 0 Å². The van der Waals surface area contributed by atoms with Crippen molar-refractivity contribution in [1.82, 2.24) is 4.90 Å². The van der Waals surface area contributed by atoms with Crippen molar-refractivity contribution in [2.24, 2.45) is 5.92 Å². The summed E-state index contributed by atoms with van der Waals surface area (Å²) < 4.78 is 5.38. The molecule has 0 aromatic heterocycles. The second-order valence-corrected chi connectivity index (χ2v) is 5.77. The van der Waals surface area contributed by atoms with E-state index in [4.69, 9.17) is 4.74 Å². The Morgan fingerprint density at radius 3 is 2.55 bits per heavy atom. The topological polar surface area (TPSA) is 49.9 Å². The van der Waals surface area contributed by atoms with Gasteiger partial charge in [-0.15, -0.1) is 0 Å². The summed E-state index contributed by atoms with van der Waals surface area (Å²) in [4.78, 5) is 28.1. The van der Waals surface area contributed by atoms with Crippen molar-refractivity contribution < 1.29 is 14.3 Å². The highest BCUT2D eigenvalue weighted by molar-refractivity contribution is 6.24. The van der Waals surface area contributed by atoms with E-state index < -0.39 is 5.54 Å². The third-order valence-corrected chi connectivity index (χ3v) is 4.64. The number of imide groups is 1. The fourth-order valence-electron chi connectivity index (χ4n) is 3.73. The van der Waals surface area contributed by atoms with E-state index in [9.17, 15) is 9.59 Å². The van der Waals surface area contributed by atoms with Gasteiger partial charge in [-0.3, -0.25) is 4.79 Å². The lowest BCUT2D eigenvalue weighted by Gasteiger charge is -2.34. The summed E-state index contributed by atoms with van der Waals surface area (Å²) in [5, 5.41) is 0. The van der Waals surface area contributed by atoms with Crippen molar-refractivity contribution in [1.29, 1.82) is 0 Å². The summed E-state index contributed by atoms with van der Waals surface area (Å²) in [7, 11) is 0. The lowest BCUT2D eigenvalue weighted by atomic mass is 9.73. The molecule has 5 rings (SSSR count). The van der Waals surface area contributed by atoms with Crippen LogP contribution in [0, 0.1) is 5.92 Å². The number of nitrogens with zero attached hydrogens (tertiary/aromatic N) is 2. The summed E-state index contributed by atoms with van der Waals surface area (Å²) in [6.45, 7) is 3.25. The molecule has 2 bridgehead atoms. The van der Waals surface area contributed by atoms with E-state index in [1.54, 1.807) is 29.2 Å². The van der Waals surface area contributed by atoms with Crippen molar-refractivity contribution in [3.63, 3.8) is 0 Å². The van der Waals surface area contributed by atoms with Crippen LogP contribution in [0.5, 0.6) is 5.75 Å². The largest absolute Gasteiger partial charge is 0.494 e. The molecule has 1 aromatic carbocycles. The molecule has 1 spiro atoms. The van der Waals surface area contributed by atoms with Crippen LogP contribution in [0.3, 0.4) is 0 Å². The van der Waals surface area contributed by atoms with Gasteiger partial charge in [0.2, 0.25) is 0 Å². The predicted octanol–water partition coefficient (Wildman–Crippen LogP) is 2.02. The average Bonchev–Trinajstić information content (AvgIpc) is 3.01. The molecule has 0 unspecified atom stereocenters. The van der Waals surface area contributed by atoms with Gasteiger partial charge in [0.05, 0.1) is 12.3 Å². The second kappa shape index (κ2) is 3.75. The number of hydrogen-bond donors (Lipinski definition) is 0. The molecule has 5 nitrogen and oxygen atoms in total. The van der Waals surface area contributed by atoms with Crippen LogP contribution in [-0.4, -0.2) is 35.5 Å². The predicted molar refractivity (Wildman–Crippen MR) is 72.7 cm³/mol. The number of anilines is 1. The van der Waals surface area contributed by atoms with Gasteiger partial charge in [0.25, 0.3) is 5.91 Å². The number of carbonyl (C=O) groups is 2. The van der Waals surface area contributed by atoms with Crippen LogP contribution in [-0.2, 0) is 4.79 Å². The summed E-state index contributed by atoms with van der Waals surface area (Å²) >= 11 is 0. The molecule has 1 saturated carbocycles. The molecule has 4 aliphatic rings. The first-order valence-electron chi connectivity index (χ1n) is 7.05. The van der Waals surface area contributed by atoms with Crippen LogP contribution in [0.15, 0.2) is 24.3 Å². The maximum atomic E-state index is 12.6. The van der Waals surface area contributed by atoms with Crippen molar-refractivity contribution in [2.75, 3.05) is 18.1 Å². The summed E-state index contributed by atoms with van der Waals surface area (Å²) in [5.74, 6) is 1.23. The summed E-state index contributed by atoms with van der Waals surface area (Å²) in [5.41, 5.74) is 0.121. The Morgan fingerprint density at radius 2 is 1.95 bits per heavy atom. The molecule has 104 valence electrons. The van der Waals surface area contributed by atoms with Gasteiger partial charge in [0.1, 0.15) is 11.3 Å². The van der Waals surface area contributed by atoms with Crippen LogP contribution in [0.1, 0.15) is 19.8 Å². The van der Waals surface area contributed by atoms with Gasteiger partial charge in [-0.05, 0) is 49.9 Å². The maximum absolute atomic E-state index is 12.6. The van der Waals surface area contributed by atoms with Gasteiger partial charge >= 0.3 is 6.03 Å². The lowest BCUT2D eigenvalue weighted by molar-refractivity contribution is -0.126. The average molecular weight is 272 g/mol. The molecule has 20 heavy (non-hydrogen) atoms. The zero-order chi connectivity index (χ0) is 13.9. The molecule has 3 aliphatic heterocycles. The lowest BCUT2D eigenvalue weighted by Crippen LogP contribution is -2.49. The smallest absolute Gasteiger partial charge is 0.332 e. The Labute approximate surface area is 117 Å². The fraction of sp³-hybridized carbons (Fsp3) is 0.467. The van der Waals surface area contributed by atoms with Crippen molar-refractivity contribution in [3.8, 4) is 5.75 Å². The quantitative estimate of drug-likeness (QED) is 0.791. The molecular weight excluding hydrogens is 256 g/mol. The molecule has 0 atom stereocenters. The van der Waals surface area contributed by atoms with Crippen molar-refractivity contribution >= 4 is 17.6 Å². The molecule has 0 radical (unpaired) electrons. The Balaban J connectivity index is 1.66. The minimum Gasteiger partial charge on any atom is -0.494 e. The molecule has 1 aliphatic carbocycles. The number of urea groups is 1. The number of benzene rings is 1. The van der Waals surface area contributed by atoms with E-state index in [0.717, 1.165) is 25.1 Å². The van der Waals surface area contributed by atoms with Crippen LogP contribution in [0.25, 0.3) is 0 Å². The van der Waals surface area contributed by atoms with Gasteiger partial charge in [0, 0.05) is 6.54 Å². The SMILES string of the molecule is CCOc1ccc(N2C(=O)N3CC4CC3(C4)C2=O)cc1. The third kappa shape index (κ3) is 1.27. The normalized spacial score (nSPS) is 30.6. The molecule has 3 saturated heterocycles. The van der Waals surface area contributed by atoms with Gasteiger partial charge in [-0.2, -0.15) is 0 Å². The highest BCUT2D eigenvalue weighted by Crippen LogP contribution is 2.55. The van der Waals surface area contributed by atoms with E-state index in [0.29, 0.717) is 18.2 Å². The fourth-order valence-corrected chi connectivity index (χ4v) is 3.73. The molecule has 3 amide bonds. The number of rotatable bonds is 3. The highest BCUT2D eigenvalue weighted by atomic mass is 16.5. The van der Waals surface area contributed by atoms with Gasteiger partial charge in [-0.1, -0.05) is 0 Å².